The van der Waals surface area contributed by atoms with E-state index < -0.39 is 0 Å². The number of carbonyl (C=O) groups is 1. The van der Waals surface area contributed by atoms with Gasteiger partial charge in [0.2, 0.25) is 0 Å². The average molecular weight is 226 g/mol. The van der Waals surface area contributed by atoms with Gasteiger partial charge in [-0.1, -0.05) is 12.1 Å². The van der Waals surface area contributed by atoms with Crippen LogP contribution in [-0.2, 0) is 17.6 Å². The van der Waals surface area contributed by atoms with E-state index >= 15 is 0 Å². The van der Waals surface area contributed by atoms with Gasteiger partial charge in [-0.25, -0.2) is 0 Å². The number of rotatable bonds is 5. The first-order valence-corrected chi connectivity index (χ1v) is 5.64. The third-order valence-electron chi connectivity index (χ3n) is 2.54. The third-order valence-corrected chi connectivity index (χ3v) is 2.54. The first-order valence-electron chi connectivity index (χ1n) is 5.64. The highest BCUT2D eigenvalue weighted by Gasteiger charge is 2.04. The predicted octanol–water partition coefficient (Wildman–Crippen LogP) is 2.22. The number of pyridine rings is 2. The topological polar surface area (TPSA) is 42.9 Å². The number of ketones is 1. The van der Waals surface area contributed by atoms with Gasteiger partial charge in [0.15, 0.2) is 0 Å². The molecule has 0 unspecified atom stereocenters. The molecule has 0 N–H and O–H groups in total. The predicted molar refractivity (Wildman–Crippen MR) is 65.5 cm³/mol. The van der Waals surface area contributed by atoms with Crippen molar-refractivity contribution in [2.45, 2.75) is 19.3 Å². The summed E-state index contributed by atoms with van der Waals surface area (Å²) in [5, 5.41) is 0. The molecule has 0 atom stereocenters. The Kier molecular flexibility index (Phi) is 3.97. The van der Waals surface area contributed by atoms with Crippen LogP contribution in [0, 0.1) is 0 Å². The molecule has 17 heavy (non-hydrogen) atoms. The fraction of sp³-hybridized carbons (Fsp3) is 0.214. The SMILES string of the molecule is O=C(CCc1cccnc1)Cc1cccnc1. The van der Waals surface area contributed by atoms with Gasteiger partial charge in [-0.2, -0.15) is 0 Å². The van der Waals surface area contributed by atoms with E-state index in [-0.39, 0.29) is 5.78 Å². The normalized spacial score (nSPS) is 10.1. The second kappa shape index (κ2) is 5.89. The van der Waals surface area contributed by atoms with E-state index in [0.29, 0.717) is 12.8 Å². The number of aryl methyl sites for hydroxylation is 1. The van der Waals surface area contributed by atoms with Gasteiger partial charge in [0.05, 0.1) is 0 Å². The Bertz CT molecular complexity index is 468. The highest BCUT2D eigenvalue weighted by Crippen LogP contribution is 2.04. The quantitative estimate of drug-likeness (QED) is 0.785. The maximum Gasteiger partial charge on any atom is 0.137 e. The number of hydrogen-bond donors (Lipinski definition) is 0. The monoisotopic (exact) mass is 226 g/mol. The van der Waals surface area contributed by atoms with Crippen LogP contribution in [0.2, 0.25) is 0 Å². The highest BCUT2D eigenvalue weighted by molar-refractivity contribution is 5.80. The summed E-state index contributed by atoms with van der Waals surface area (Å²) in [6.07, 6.45) is 8.77. The molecule has 0 aliphatic heterocycles. The molecule has 0 amide bonds. The lowest BCUT2D eigenvalue weighted by Gasteiger charge is -2.01. The van der Waals surface area contributed by atoms with E-state index in [2.05, 4.69) is 9.97 Å². The molecule has 3 nitrogen and oxygen atoms in total. The zero-order chi connectivity index (χ0) is 11.9. The molecular weight excluding hydrogens is 212 g/mol. The number of carbonyl (C=O) groups excluding carboxylic acids is 1. The summed E-state index contributed by atoms with van der Waals surface area (Å²) in [7, 11) is 0. The molecule has 86 valence electrons. The number of aromatic nitrogens is 2. The summed E-state index contributed by atoms with van der Waals surface area (Å²) in [5.41, 5.74) is 2.08. The van der Waals surface area contributed by atoms with Crippen LogP contribution in [0.1, 0.15) is 17.5 Å². The van der Waals surface area contributed by atoms with Crippen molar-refractivity contribution < 1.29 is 4.79 Å². The molecule has 2 heterocycles. The van der Waals surface area contributed by atoms with Crippen molar-refractivity contribution in [2.24, 2.45) is 0 Å². The second-order valence-electron chi connectivity index (χ2n) is 3.94. The lowest BCUT2D eigenvalue weighted by Crippen LogP contribution is -2.04. The lowest BCUT2D eigenvalue weighted by molar-refractivity contribution is -0.118. The Morgan fingerprint density at radius 1 is 1.00 bits per heavy atom. The minimum Gasteiger partial charge on any atom is -0.299 e. The fourth-order valence-corrected chi connectivity index (χ4v) is 1.65. The maximum absolute atomic E-state index is 11.7. The van der Waals surface area contributed by atoms with Crippen LogP contribution in [0.4, 0.5) is 0 Å². The molecule has 2 aromatic heterocycles. The van der Waals surface area contributed by atoms with Crippen molar-refractivity contribution in [2.75, 3.05) is 0 Å². The van der Waals surface area contributed by atoms with Gasteiger partial charge in [0.1, 0.15) is 5.78 Å². The third kappa shape index (κ3) is 3.79. The lowest BCUT2D eigenvalue weighted by atomic mass is 10.0. The van der Waals surface area contributed by atoms with Crippen LogP contribution in [0.15, 0.2) is 49.1 Å². The number of hydrogen-bond acceptors (Lipinski definition) is 3. The van der Waals surface area contributed by atoms with E-state index in [1.807, 2.05) is 24.3 Å². The zero-order valence-electron chi connectivity index (χ0n) is 9.54. The molecule has 3 heteroatoms. The summed E-state index contributed by atoms with van der Waals surface area (Å²) in [5.74, 6) is 0.238. The summed E-state index contributed by atoms with van der Waals surface area (Å²) in [6.45, 7) is 0. The van der Waals surface area contributed by atoms with Gasteiger partial charge in [-0.3, -0.25) is 14.8 Å². The Morgan fingerprint density at radius 3 is 2.24 bits per heavy atom. The maximum atomic E-state index is 11.7. The summed E-state index contributed by atoms with van der Waals surface area (Å²) >= 11 is 0. The van der Waals surface area contributed by atoms with E-state index in [1.165, 1.54) is 0 Å². The van der Waals surface area contributed by atoms with Crippen LogP contribution in [0.5, 0.6) is 0 Å². The molecule has 0 fully saturated rings. The highest BCUT2D eigenvalue weighted by atomic mass is 16.1. The van der Waals surface area contributed by atoms with Crippen molar-refractivity contribution in [3.05, 3.63) is 60.2 Å². The minimum atomic E-state index is 0.238. The van der Waals surface area contributed by atoms with Gasteiger partial charge in [0, 0.05) is 37.6 Å². The first-order chi connectivity index (χ1) is 8.34. The van der Waals surface area contributed by atoms with Gasteiger partial charge in [-0.05, 0) is 29.7 Å². The molecule has 0 saturated heterocycles. The Balaban J connectivity index is 1.83. The standard InChI is InChI=1S/C14H14N2O/c17-14(9-13-4-2-8-16-11-13)6-5-12-3-1-7-15-10-12/h1-4,7-8,10-11H,5-6,9H2. The summed E-state index contributed by atoms with van der Waals surface area (Å²) in [4.78, 5) is 19.8. The van der Waals surface area contributed by atoms with Crippen molar-refractivity contribution in [3.8, 4) is 0 Å². The molecule has 0 aromatic carbocycles. The zero-order valence-corrected chi connectivity index (χ0v) is 9.54. The average Bonchev–Trinajstić information content (AvgIpc) is 2.39. The van der Waals surface area contributed by atoms with Gasteiger partial charge < -0.3 is 0 Å². The van der Waals surface area contributed by atoms with Crippen LogP contribution in [0.25, 0.3) is 0 Å². The molecule has 0 radical (unpaired) electrons. The molecule has 0 aliphatic rings. The molecule has 0 spiro atoms. The van der Waals surface area contributed by atoms with Crippen LogP contribution < -0.4 is 0 Å². The Hall–Kier alpha value is -2.03. The van der Waals surface area contributed by atoms with Crippen LogP contribution >= 0.6 is 0 Å². The second-order valence-corrected chi connectivity index (χ2v) is 3.94. The van der Waals surface area contributed by atoms with E-state index in [4.69, 9.17) is 0 Å². The van der Waals surface area contributed by atoms with Gasteiger partial charge in [-0.15, -0.1) is 0 Å². The summed E-state index contributed by atoms with van der Waals surface area (Å²) < 4.78 is 0. The van der Waals surface area contributed by atoms with Crippen molar-refractivity contribution in [1.82, 2.24) is 9.97 Å². The van der Waals surface area contributed by atoms with Crippen molar-refractivity contribution in [3.63, 3.8) is 0 Å². The fourth-order valence-electron chi connectivity index (χ4n) is 1.65. The number of nitrogens with zero attached hydrogens (tertiary/aromatic N) is 2. The molecule has 2 aromatic rings. The largest absolute Gasteiger partial charge is 0.299 e. The summed E-state index contributed by atoms with van der Waals surface area (Å²) in [6, 6.07) is 7.66. The molecule has 0 saturated carbocycles. The molecule has 0 aliphatic carbocycles. The van der Waals surface area contributed by atoms with E-state index in [1.54, 1.807) is 24.8 Å². The van der Waals surface area contributed by atoms with Crippen molar-refractivity contribution in [1.29, 1.82) is 0 Å². The van der Waals surface area contributed by atoms with E-state index in [9.17, 15) is 4.79 Å². The Labute approximate surface area is 101 Å². The van der Waals surface area contributed by atoms with E-state index in [0.717, 1.165) is 17.5 Å². The van der Waals surface area contributed by atoms with Gasteiger partial charge in [0.25, 0.3) is 0 Å². The first kappa shape index (κ1) is 11.5. The smallest absolute Gasteiger partial charge is 0.137 e. The Morgan fingerprint density at radius 2 is 1.65 bits per heavy atom. The van der Waals surface area contributed by atoms with Crippen LogP contribution in [-0.4, -0.2) is 15.8 Å². The molecule has 0 bridgehead atoms. The molecule has 2 rings (SSSR count). The minimum absolute atomic E-state index is 0.238. The number of Topliss-reactive ketones (excluding diaryl/α,β-unsaturated/α-hetero) is 1. The van der Waals surface area contributed by atoms with Crippen LogP contribution in [0.3, 0.4) is 0 Å². The molecular formula is C14H14N2O. The van der Waals surface area contributed by atoms with Gasteiger partial charge >= 0.3 is 0 Å². The van der Waals surface area contributed by atoms with Crippen molar-refractivity contribution >= 4 is 5.78 Å².